The smallest absolute Gasteiger partial charge is 0.401 e. The summed E-state index contributed by atoms with van der Waals surface area (Å²) < 4.78 is 41.8. The van der Waals surface area contributed by atoms with E-state index in [1.165, 1.54) is 0 Å². The van der Waals surface area contributed by atoms with Crippen molar-refractivity contribution in [1.82, 2.24) is 0 Å². The number of rotatable bonds is 6. The fraction of sp³-hybridized carbons (Fsp3) is 0.654. The fourth-order valence-corrected chi connectivity index (χ4v) is 4.96. The Morgan fingerprint density at radius 1 is 1.00 bits per heavy atom. The van der Waals surface area contributed by atoms with E-state index in [-0.39, 0.29) is 5.04 Å². The van der Waals surface area contributed by atoms with E-state index in [4.69, 9.17) is 39.3 Å². The SMILES string of the molecule is C#CC(O[Si](C)(C)C(C)(C)C)[C@H]1OC(C)(C)O[C@H]1[C@H]1OC(C)(C)O[C@H]1OC(=O)Oc1ccccc1. The molecule has 0 spiro atoms. The highest BCUT2D eigenvalue weighted by Crippen LogP contribution is 2.43. The van der Waals surface area contributed by atoms with E-state index < -0.39 is 56.8 Å². The van der Waals surface area contributed by atoms with Gasteiger partial charge in [-0.2, -0.15) is 0 Å². The van der Waals surface area contributed by atoms with Crippen LogP contribution in [0.5, 0.6) is 5.75 Å². The van der Waals surface area contributed by atoms with Crippen LogP contribution in [0.1, 0.15) is 48.5 Å². The van der Waals surface area contributed by atoms with E-state index in [9.17, 15) is 4.79 Å². The standard InChI is InChI=1S/C26H38O8Si/c1-11-18(34-35(9,10)24(2,3)4)19-20(31-25(5,6)30-19)21-22(33-26(7,8)32-21)29-23(27)28-17-15-13-12-14-16-17/h1,12-16,18-22H,2-10H3/t18?,19-,20-,21-,22-/m1/s1. The van der Waals surface area contributed by atoms with Crippen molar-refractivity contribution in [2.75, 3.05) is 0 Å². The molecule has 9 heteroatoms. The normalized spacial score (nSPS) is 28.8. The Hall–Kier alpha value is -1.93. The number of carbonyl (C=O) groups is 1. The average Bonchev–Trinajstić information content (AvgIpc) is 3.20. The molecule has 0 amide bonds. The number of benzene rings is 1. The lowest BCUT2D eigenvalue weighted by Gasteiger charge is -2.40. The van der Waals surface area contributed by atoms with E-state index >= 15 is 0 Å². The highest BCUT2D eigenvalue weighted by Gasteiger charge is 2.58. The van der Waals surface area contributed by atoms with Crippen LogP contribution in [0.25, 0.3) is 0 Å². The second-order valence-corrected chi connectivity index (χ2v) is 16.0. The van der Waals surface area contributed by atoms with Gasteiger partial charge in [-0.1, -0.05) is 44.9 Å². The summed E-state index contributed by atoms with van der Waals surface area (Å²) in [6.45, 7) is 17.7. The summed E-state index contributed by atoms with van der Waals surface area (Å²) in [5.74, 6) is 1.09. The summed E-state index contributed by atoms with van der Waals surface area (Å²) in [6, 6.07) is 8.62. The van der Waals surface area contributed by atoms with Crippen LogP contribution in [0.15, 0.2) is 30.3 Å². The molecule has 0 saturated carbocycles. The third kappa shape index (κ3) is 6.64. The van der Waals surface area contributed by atoms with Crippen molar-refractivity contribution >= 4 is 14.5 Å². The molecule has 0 aliphatic carbocycles. The Balaban J connectivity index is 1.83. The third-order valence-corrected chi connectivity index (χ3v) is 10.9. The Morgan fingerprint density at radius 3 is 2.14 bits per heavy atom. The molecular weight excluding hydrogens is 468 g/mol. The highest BCUT2D eigenvalue weighted by molar-refractivity contribution is 6.74. The largest absolute Gasteiger partial charge is 0.516 e. The van der Waals surface area contributed by atoms with Gasteiger partial charge in [0.1, 0.15) is 24.1 Å². The molecule has 8 nitrogen and oxygen atoms in total. The van der Waals surface area contributed by atoms with E-state index in [0.717, 1.165) is 0 Å². The van der Waals surface area contributed by atoms with Crippen molar-refractivity contribution in [3.05, 3.63) is 30.3 Å². The van der Waals surface area contributed by atoms with Crippen LogP contribution in [-0.4, -0.2) is 56.8 Å². The summed E-state index contributed by atoms with van der Waals surface area (Å²) in [5, 5.41) is -0.0611. The molecule has 0 bridgehead atoms. The first-order valence-corrected chi connectivity index (χ1v) is 14.7. The number of hydrogen-bond acceptors (Lipinski definition) is 8. The van der Waals surface area contributed by atoms with Gasteiger partial charge in [-0.05, 0) is 58.0 Å². The van der Waals surface area contributed by atoms with Crippen LogP contribution >= 0.6 is 0 Å². The maximum Gasteiger partial charge on any atom is 0.516 e. The Bertz CT molecular complexity index is 931. The predicted octanol–water partition coefficient (Wildman–Crippen LogP) is 5.22. The quantitative estimate of drug-likeness (QED) is 0.225. The maximum absolute atomic E-state index is 12.5. The van der Waals surface area contributed by atoms with E-state index in [0.29, 0.717) is 5.75 Å². The summed E-state index contributed by atoms with van der Waals surface area (Å²) in [6.07, 6.45) is 0.961. The summed E-state index contributed by atoms with van der Waals surface area (Å²) >= 11 is 0. The van der Waals surface area contributed by atoms with Gasteiger partial charge in [-0.25, -0.2) is 4.79 Å². The van der Waals surface area contributed by atoms with Gasteiger partial charge in [0.2, 0.25) is 6.29 Å². The van der Waals surface area contributed by atoms with Crippen molar-refractivity contribution in [1.29, 1.82) is 0 Å². The molecule has 0 aromatic heterocycles. The van der Waals surface area contributed by atoms with Crippen LogP contribution in [-0.2, 0) is 28.1 Å². The van der Waals surface area contributed by atoms with Crippen molar-refractivity contribution in [2.24, 2.45) is 0 Å². The minimum atomic E-state index is -2.24. The summed E-state index contributed by atoms with van der Waals surface area (Å²) in [5.41, 5.74) is 0. The van der Waals surface area contributed by atoms with Crippen molar-refractivity contribution in [3.8, 4) is 18.1 Å². The topological polar surface area (TPSA) is 81.7 Å². The minimum absolute atomic E-state index is 0.0611. The second kappa shape index (κ2) is 9.85. The van der Waals surface area contributed by atoms with Gasteiger partial charge >= 0.3 is 6.16 Å². The van der Waals surface area contributed by atoms with Gasteiger partial charge in [0.25, 0.3) is 0 Å². The predicted molar refractivity (Wildman–Crippen MR) is 132 cm³/mol. The molecule has 194 valence electrons. The van der Waals surface area contributed by atoms with Gasteiger partial charge in [0, 0.05) is 0 Å². The van der Waals surface area contributed by atoms with E-state index in [1.54, 1.807) is 52.0 Å². The second-order valence-electron chi connectivity index (χ2n) is 11.3. The molecule has 5 atom stereocenters. The third-order valence-electron chi connectivity index (χ3n) is 6.42. The Morgan fingerprint density at radius 2 is 1.57 bits per heavy atom. The molecule has 0 N–H and O–H groups in total. The lowest BCUT2D eigenvalue weighted by atomic mass is 10.0. The number of para-hydroxylation sites is 1. The van der Waals surface area contributed by atoms with Crippen molar-refractivity contribution in [3.63, 3.8) is 0 Å². The Labute approximate surface area is 209 Å². The summed E-state index contributed by atoms with van der Waals surface area (Å²) in [7, 11) is -2.24. The number of ether oxygens (including phenoxy) is 6. The molecule has 1 aromatic rings. The molecular formula is C26H38O8Si. The molecule has 1 unspecified atom stereocenters. The molecule has 35 heavy (non-hydrogen) atoms. The van der Waals surface area contributed by atoms with Crippen molar-refractivity contribution in [2.45, 2.75) is 109 Å². The van der Waals surface area contributed by atoms with E-state index in [1.807, 2.05) is 6.07 Å². The highest BCUT2D eigenvalue weighted by atomic mass is 28.4. The van der Waals surface area contributed by atoms with Crippen LogP contribution in [0.2, 0.25) is 18.1 Å². The average molecular weight is 507 g/mol. The zero-order chi connectivity index (χ0) is 26.2. The van der Waals surface area contributed by atoms with Crippen LogP contribution in [0.4, 0.5) is 4.79 Å². The first-order valence-electron chi connectivity index (χ1n) is 11.8. The molecule has 2 fully saturated rings. The van der Waals surface area contributed by atoms with Gasteiger partial charge < -0.3 is 32.8 Å². The first-order chi connectivity index (χ1) is 16.0. The molecule has 2 saturated heterocycles. The minimum Gasteiger partial charge on any atom is -0.401 e. The monoisotopic (exact) mass is 506 g/mol. The van der Waals surface area contributed by atoms with Crippen LogP contribution in [0, 0.1) is 12.3 Å². The van der Waals surface area contributed by atoms with Gasteiger partial charge in [-0.3, -0.25) is 0 Å². The molecule has 3 rings (SSSR count). The lowest BCUT2D eigenvalue weighted by molar-refractivity contribution is -0.180. The fourth-order valence-electron chi connectivity index (χ4n) is 3.77. The van der Waals surface area contributed by atoms with Gasteiger partial charge in [-0.15, -0.1) is 6.42 Å². The maximum atomic E-state index is 12.5. The molecule has 2 heterocycles. The van der Waals surface area contributed by atoms with Gasteiger partial charge in [0.05, 0.1) is 0 Å². The van der Waals surface area contributed by atoms with Gasteiger partial charge in [0.15, 0.2) is 26.0 Å². The lowest BCUT2D eigenvalue weighted by Crippen LogP contribution is -2.52. The molecule has 2 aliphatic rings. The molecule has 2 aliphatic heterocycles. The van der Waals surface area contributed by atoms with Crippen LogP contribution < -0.4 is 4.74 Å². The van der Waals surface area contributed by atoms with E-state index in [2.05, 4.69) is 39.8 Å². The first kappa shape index (κ1) is 27.7. The van der Waals surface area contributed by atoms with Crippen LogP contribution in [0.3, 0.4) is 0 Å². The molecule has 1 aromatic carbocycles. The molecule has 0 radical (unpaired) electrons. The van der Waals surface area contributed by atoms with Crippen molar-refractivity contribution < 1.29 is 37.6 Å². The summed E-state index contributed by atoms with van der Waals surface area (Å²) in [4.78, 5) is 12.5. The Kier molecular flexibility index (Phi) is 7.78. The zero-order valence-corrected chi connectivity index (χ0v) is 23.1. The number of carbonyl (C=O) groups excluding carboxylic acids is 1. The number of hydrogen-bond donors (Lipinski definition) is 0. The number of terminal acetylenes is 1. The zero-order valence-electron chi connectivity index (χ0n) is 22.1.